The van der Waals surface area contributed by atoms with Gasteiger partial charge in [0.25, 0.3) is 0 Å². The van der Waals surface area contributed by atoms with E-state index in [4.69, 9.17) is 16.3 Å². The van der Waals surface area contributed by atoms with Crippen LogP contribution in [0, 0.1) is 0 Å². The summed E-state index contributed by atoms with van der Waals surface area (Å²) < 4.78 is 7.42. The highest BCUT2D eigenvalue weighted by Crippen LogP contribution is 2.24. The third kappa shape index (κ3) is 3.74. The number of halogens is 1. The Morgan fingerprint density at radius 3 is 2.85 bits per heavy atom. The van der Waals surface area contributed by atoms with Crippen molar-refractivity contribution < 1.29 is 9.53 Å². The normalized spacial score (nSPS) is 10.6. The van der Waals surface area contributed by atoms with Gasteiger partial charge in [-0.05, 0) is 19.1 Å². The second-order valence-corrected chi connectivity index (χ2v) is 5.52. The van der Waals surface area contributed by atoms with Gasteiger partial charge >= 0.3 is 0 Å². The van der Waals surface area contributed by atoms with Gasteiger partial charge in [0.2, 0.25) is 0 Å². The first kappa shape index (κ1) is 14.9. The van der Waals surface area contributed by atoms with Gasteiger partial charge in [-0.1, -0.05) is 35.5 Å². The van der Waals surface area contributed by atoms with E-state index in [0.717, 1.165) is 0 Å². The van der Waals surface area contributed by atoms with Gasteiger partial charge in [-0.3, -0.25) is 4.79 Å². The fourth-order valence-corrected chi connectivity index (χ4v) is 2.39. The zero-order valence-electron chi connectivity index (χ0n) is 11.2. The van der Waals surface area contributed by atoms with Crippen LogP contribution in [0.1, 0.15) is 12.7 Å². The number of para-hydroxylation sites is 1. The van der Waals surface area contributed by atoms with Gasteiger partial charge < -0.3 is 9.30 Å². The number of aromatic nitrogens is 3. The van der Waals surface area contributed by atoms with Crippen molar-refractivity contribution in [1.82, 2.24) is 14.8 Å². The largest absolute Gasteiger partial charge is 0.484 e. The molecular formula is C13H14ClN3O2S. The molecule has 0 saturated carbocycles. The van der Waals surface area contributed by atoms with Gasteiger partial charge in [-0.25, -0.2) is 0 Å². The Bertz CT molecular complexity index is 615. The van der Waals surface area contributed by atoms with Crippen molar-refractivity contribution in [1.29, 1.82) is 0 Å². The molecule has 0 bridgehead atoms. The predicted octanol–water partition coefficient (Wildman–Crippen LogP) is 2.73. The van der Waals surface area contributed by atoms with Gasteiger partial charge in [0.1, 0.15) is 18.1 Å². The van der Waals surface area contributed by atoms with E-state index in [2.05, 4.69) is 10.2 Å². The topological polar surface area (TPSA) is 57.0 Å². The highest BCUT2D eigenvalue weighted by atomic mass is 35.5. The van der Waals surface area contributed by atoms with E-state index in [9.17, 15) is 4.79 Å². The van der Waals surface area contributed by atoms with E-state index in [1.807, 2.05) is 23.7 Å². The first-order valence-electron chi connectivity index (χ1n) is 5.95. The van der Waals surface area contributed by atoms with Crippen molar-refractivity contribution in [2.45, 2.75) is 18.7 Å². The summed E-state index contributed by atoms with van der Waals surface area (Å²) in [5.41, 5.74) is 0. The zero-order valence-corrected chi connectivity index (χ0v) is 12.7. The molecule has 0 fully saturated rings. The van der Waals surface area contributed by atoms with E-state index in [1.165, 1.54) is 11.8 Å². The van der Waals surface area contributed by atoms with Crippen LogP contribution >= 0.6 is 23.4 Å². The molecule has 0 aliphatic rings. The van der Waals surface area contributed by atoms with Crippen LogP contribution in [0.15, 0.2) is 29.4 Å². The Kier molecular flexibility index (Phi) is 5.03. The first-order valence-corrected chi connectivity index (χ1v) is 7.32. The van der Waals surface area contributed by atoms with Crippen LogP contribution in [0.2, 0.25) is 5.02 Å². The fourth-order valence-electron chi connectivity index (χ4n) is 1.47. The van der Waals surface area contributed by atoms with Crippen molar-refractivity contribution in [3.8, 4) is 5.75 Å². The molecule has 106 valence electrons. The molecule has 2 rings (SSSR count). The molecule has 1 aromatic carbocycles. The molecule has 0 amide bonds. The van der Waals surface area contributed by atoms with Crippen molar-refractivity contribution in [3.05, 3.63) is 35.1 Å². The monoisotopic (exact) mass is 311 g/mol. The lowest BCUT2D eigenvalue weighted by atomic mass is 10.3. The summed E-state index contributed by atoms with van der Waals surface area (Å²) in [5, 5.41) is 9.33. The third-order valence-electron chi connectivity index (χ3n) is 2.52. The lowest BCUT2D eigenvalue weighted by molar-refractivity contribution is -0.114. The van der Waals surface area contributed by atoms with Crippen molar-refractivity contribution in [3.63, 3.8) is 0 Å². The zero-order chi connectivity index (χ0) is 14.5. The Morgan fingerprint density at radius 1 is 1.40 bits per heavy atom. The van der Waals surface area contributed by atoms with Gasteiger partial charge in [0.05, 0.1) is 10.8 Å². The smallest absolute Gasteiger partial charge is 0.191 e. The molecule has 1 aromatic heterocycles. The minimum absolute atomic E-state index is 0.104. The maximum absolute atomic E-state index is 11.0. The third-order valence-corrected chi connectivity index (χ3v) is 4.00. The SMILES string of the molecule is CC(=O)CSc1nnc(COc2ccccc2Cl)n1C. The van der Waals surface area contributed by atoms with Crippen molar-refractivity contribution in [2.24, 2.45) is 7.05 Å². The lowest BCUT2D eigenvalue weighted by Gasteiger charge is -2.07. The maximum atomic E-state index is 11.0. The number of thioether (sulfide) groups is 1. The average Bonchev–Trinajstić information content (AvgIpc) is 2.76. The minimum Gasteiger partial charge on any atom is -0.484 e. The summed E-state index contributed by atoms with van der Waals surface area (Å²) in [4.78, 5) is 11.0. The molecule has 0 aliphatic heterocycles. The van der Waals surface area contributed by atoms with Crippen molar-refractivity contribution >= 4 is 29.1 Å². The molecule has 0 aliphatic carbocycles. The Labute approximate surface area is 126 Å². The molecule has 5 nitrogen and oxygen atoms in total. The van der Waals surface area contributed by atoms with Crippen LogP contribution < -0.4 is 4.74 Å². The van der Waals surface area contributed by atoms with E-state index in [-0.39, 0.29) is 12.4 Å². The molecule has 0 spiro atoms. The van der Waals surface area contributed by atoms with Gasteiger partial charge in [0.15, 0.2) is 11.0 Å². The molecule has 7 heteroatoms. The number of carbonyl (C=O) groups excluding carboxylic acids is 1. The Morgan fingerprint density at radius 2 is 2.15 bits per heavy atom. The van der Waals surface area contributed by atoms with E-state index in [1.54, 1.807) is 19.1 Å². The number of Topliss-reactive ketones (excluding diaryl/α,β-unsaturated/α-hetero) is 1. The molecule has 0 unspecified atom stereocenters. The Balaban J connectivity index is 2.00. The molecule has 0 atom stereocenters. The van der Waals surface area contributed by atoms with Crippen LogP contribution in [-0.4, -0.2) is 26.3 Å². The maximum Gasteiger partial charge on any atom is 0.191 e. The van der Waals surface area contributed by atoms with Crippen LogP contribution in [0.3, 0.4) is 0 Å². The van der Waals surface area contributed by atoms with Crippen LogP contribution in [0.4, 0.5) is 0 Å². The highest BCUT2D eigenvalue weighted by molar-refractivity contribution is 7.99. The first-order chi connectivity index (χ1) is 9.58. The second kappa shape index (κ2) is 6.76. The fraction of sp³-hybridized carbons (Fsp3) is 0.308. The molecule has 2 aromatic rings. The summed E-state index contributed by atoms with van der Waals surface area (Å²) in [7, 11) is 1.84. The highest BCUT2D eigenvalue weighted by Gasteiger charge is 2.11. The van der Waals surface area contributed by atoms with Gasteiger partial charge in [0, 0.05) is 7.05 Å². The van der Waals surface area contributed by atoms with Crippen molar-refractivity contribution in [2.75, 3.05) is 5.75 Å². The number of rotatable bonds is 6. The van der Waals surface area contributed by atoms with Crippen LogP contribution in [0.5, 0.6) is 5.75 Å². The van der Waals surface area contributed by atoms with E-state index < -0.39 is 0 Å². The minimum atomic E-state index is 0.104. The average molecular weight is 312 g/mol. The summed E-state index contributed by atoms with van der Waals surface area (Å²) in [6.07, 6.45) is 0. The quantitative estimate of drug-likeness (QED) is 0.768. The molecule has 20 heavy (non-hydrogen) atoms. The lowest BCUT2D eigenvalue weighted by Crippen LogP contribution is -2.05. The van der Waals surface area contributed by atoms with E-state index in [0.29, 0.717) is 27.5 Å². The summed E-state index contributed by atoms with van der Waals surface area (Å²) >= 11 is 7.37. The summed E-state index contributed by atoms with van der Waals surface area (Å²) in [6, 6.07) is 7.26. The molecular weight excluding hydrogens is 298 g/mol. The van der Waals surface area contributed by atoms with E-state index >= 15 is 0 Å². The van der Waals surface area contributed by atoms with Gasteiger partial charge in [-0.15, -0.1) is 10.2 Å². The number of carbonyl (C=O) groups is 1. The summed E-state index contributed by atoms with van der Waals surface area (Å²) in [5.74, 6) is 1.77. The number of ether oxygens (including phenoxy) is 1. The number of ketones is 1. The summed E-state index contributed by atoms with van der Waals surface area (Å²) in [6.45, 7) is 1.82. The van der Waals surface area contributed by atoms with Crippen LogP contribution in [-0.2, 0) is 18.4 Å². The molecule has 0 saturated heterocycles. The molecule has 0 N–H and O–H groups in total. The predicted molar refractivity (Wildman–Crippen MR) is 78.2 cm³/mol. The molecule has 0 radical (unpaired) electrons. The standard InChI is InChI=1S/C13H14ClN3O2S/c1-9(18)8-20-13-16-15-12(17(13)2)7-19-11-6-4-3-5-10(11)14/h3-6H,7-8H2,1-2H3. The second-order valence-electron chi connectivity index (χ2n) is 4.17. The Hall–Kier alpha value is -1.53. The van der Waals surface area contributed by atoms with Gasteiger partial charge in [-0.2, -0.15) is 0 Å². The number of benzene rings is 1. The molecule has 1 heterocycles. The number of nitrogens with zero attached hydrogens (tertiary/aromatic N) is 3. The number of hydrogen-bond acceptors (Lipinski definition) is 5. The number of hydrogen-bond donors (Lipinski definition) is 0. The van der Waals surface area contributed by atoms with Crippen LogP contribution in [0.25, 0.3) is 0 Å².